The second kappa shape index (κ2) is 5.44. The highest BCUT2D eigenvalue weighted by Gasteiger charge is 2.26. The van der Waals surface area contributed by atoms with Crippen molar-refractivity contribution in [2.45, 2.75) is 23.8 Å². The Kier molecular flexibility index (Phi) is 4.07. The number of carbonyl (C=O) groups excluding carboxylic acids is 1. The molecular weight excluding hydrogens is 295 g/mol. The summed E-state index contributed by atoms with van der Waals surface area (Å²) >= 11 is 5.57. The van der Waals surface area contributed by atoms with Crippen LogP contribution in [0.5, 0.6) is 0 Å². The zero-order valence-electron chi connectivity index (χ0n) is 9.82. The molecule has 0 aliphatic carbocycles. The largest absolute Gasteiger partial charge is 0.355 e. The molecule has 1 aromatic carbocycles. The smallest absolute Gasteiger partial charge is 0.243 e. The lowest BCUT2D eigenvalue weighted by Crippen LogP contribution is -2.47. The van der Waals surface area contributed by atoms with E-state index in [4.69, 9.17) is 11.6 Å². The quantitative estimate of drug-likeness (QED) is 0.876. The van der Waals surface area contributed by atoms with Gasteiger partial charge in [0.05, 0.1) is 0 Å². The molecule has 2 rings (SSSR count). The van der Waals surface area contributed by atoms with Gasteiger partial charge in [0.2, 0.25) is 15.9 Å². The molecule has 1 aliphatic rings. The van der Waals surface area contributed by atoms with Gasteiger partial charge in [-0.2, -0.15) is 0 Å². The first-order valence-electron chi connectivity index (χ1n) is 5.62. The maximum absolute atomic E-state index is 13.6. The summed E-state index contributed by atoms with van der Waals surface area (Å²) in [7, 11) is -3.96. The Balaban J connectivity index is 2.16. The zero-order chi connectivity index (χ0) is 14.0. The molecule has 0 spiro atoms. The van der Waals surface area contributed by atoms with Crippen molar-refractivity contribution in [2.75, 3.05) is 6.54 Å². The summed E-state index contributed by atoms with van der Waals surface area (Å²) in [6.45, 7) is 0.202. The Hall–Kier alpha value is -1.18. The first-order chi connectivity index (χ1) is 8.88. The summed E-state index contributed by atoms with van der Waals surface area (Å²) in [5.74, 6) is -1.02. The second-order valence-electron chi connectivity index (χ2n) is 4.24. The molecular formula is C11H12ClFN2O3S. The number of sulfonamides is 1. The van der Waals surface area contributed by atoms with E-state index in [1.807, 2.05) is 0 Å². The van der Waals surface area contributed by atoms with Crippen molar-refractivity contribution < 1.29 is 17.6 Å². The highest BCUT2D eigenvalue weighted by molar-refractivity contribution is 7.89. The van der Waals surface area contributed by atoms with Gasteiger partial charge in [-0.3, -0.25) is 4.79 Å². The van der Waals surface area contributed by atoms with Gasteiger partial charge in [0.1, 0.15) is 10.7 Å². The van der Waals surface area contributed by atoms with Crippen molar-refractivity contribution in [1.82, 2.24) is 10.0 Å². The number of amides is 1. The van der Waals surface area contributed by atoms with Gasteiger partial charge >= 0.3 is 0 Å². The van der Waals surface area contributed by atoms with Gasteiger partial charge in [0, 0.05) is 24.0 Å². The molecule has 0 radical (unpaired) electrons. The molecule has 1 fully saturated rings. The fraction of sp³-hybridized carbons (Fsp3) is 0.364. The van der Waals surface area contributed by atoms with Gasteiger partial charge in [0.15, 0.2) is 0 Å². The summed E-state index contributed by atoms with van der Waals surface area (Å²) in [4.78, 5) is 10.5. The number of hydrogen-bond donors (Lipinski definition) is 2. The average Bonchev–Trinajstić information content (AvgIpc) is 2.31. The van der Waals surface area contributed by atoms with Crippen LogP contribution in [0, 0.1) is 5.82 Å². The fourth-order valence-electron chi connectivity index (χ4n) is 1.81. The van der Waals surface area contributed by atoms with Crippen LogP contribution in [-0.2, 0) is 14.8 Å². The highest BCUT2D eigenvalue weighted by Crippen LogP contribution is 2.19. The SMILES string of the molecule is O=C1CCC(NS(=O)(=O)c2ccc(Cl)cc2F)CN1. The Morgan fingerprint density at radius 3 is 2.74 bits per heavy atom. The summed E-state index contributed by atoms with van der Waals surface area (Å²) < 4.78 is 40.0. The molecule has 1 atom stereocenters. The lowest BCUT2D eigenvalue weighted by molar-refractivity contribution is -0.122. The summed E-state index contributed by atoms with van der Waals surface area (Å²) in [6.07, 6.45) is 0.635. The molecule has 1 aromatic rings. The third-order valence-corrected chi connectivity index (χ3v) is 4.56. The monoisotopic (exact) mass is 306 g/mol. The Morgan fingerprint density at radius 1 is 1.42 bits per heavy atom. The van der Waals surface area contributed by atoms with Crippen LogP contribution in [0.15, 0.2) is 23.1 Å². The molecule has 5 nitrogen and oxygen atoms in total. The molecule has 1 amide bonds. The maximum atomic E-state index is 13.6. The Bertz CT molecular complexity index is 596. The highest BCUT2D eigenvalue weighted by atomic mass is 35.5. The van der Waals surface area contributed by atoms with E-state index in [0.29, 0.717) is 6.42 Å². The molecule has 0 aromatic heterocycles. The first kappa shape index (κ1) is 14.2. The summed E-state index contributed by atoms with van der Waals surface area (Å²) in [5, 5.41) is 2.68. The van der Waals surface area contributed by atoms with Gasteiger partial charge in [-0.15, -0.1) is 0 Å². The second-order valence-corrected chi connectivity index (χ2v) is 6.35. The third-order valence-electron chi connectivity index (χ3n) is 2.77. The minimum absolute atomic E-state index is 0.117. The predicted molar refractivity (Wildman–Crippen MR) is 67.8 cm³/mol. The topological polar surface area (TPSA) is 75.3 Å². The average molecular weight is 307 g/mol. The Morgan fingerprint density at radius 2 is 2.16 bits per heavy atom. The van der Waals surface area contributed by atoms with Crippen LogP contribution in [-0.4, -0.2) is 26.9 Å². The van der Waals surface area contributed by atoms with E-state index >= 15 is 0 Å². The van der Waals surface area contributed by atoms with Crippen LogP contribution in [0.3, 0.4) is 0 Å². The van der Waals surface area contributed by atoms with Crippen molar-refractivity contribution in [1.29, 1.82) is 0 Å². The fourth-order valence-corrected chi connectivity index (χ4v) is 3.30. The van der Waals surface area contributed by atoms with E-state index in [9.17, 15) is 17.6 Å². The molecule has 0 bridgehead atoms. The Labute approximate surface area is 115 Å². The summed E-state index contributed by atoms with van der Waals surface area (Å²) in [6, 6.07) is 2.93. The lowest BCUT2D eigenvalue weighted by atomic mass is 10.1. The molecule has 1 saturated heterocycles. The van der Waals surface area contributed by atoms with E-state index in [-0.39, 0.29) is 23.9 Å². The number of carbonyl (C=O) groups is 1. The molecule has 2 N–H and O–H groups in total. The van der Waals surface area contributed by atoms with Crippen molar-refractivity contribution in [3.8, 4) is 0 Å². The van der Waals surface area contributed by atoms with E-state index in [1.165, 1.54) is 6.07 Å². The molecule has 0 saturated carbocycles. The van der Waals surface area contributed by atoms with Gasteiger partial charge in [0.25, 0.3) is 0 Å². The van der Waals surface area contributed by atoms with E-state index in [1.54, 1.807) is 0 Å². The maximum Gasteiger partial charge on any atom is 0.243 e. The van der Waals surface area contributed by atoms with Crippen LogP contribution in [0.4, 0.5) is 4.39 Å². The van der Waals surface area contributed by atoms with Gasteiger partial charge in [-0.25, -0.2) is 17.5 Å². The van der Waals surface area contributed by atoms with Crippen molar-refractivity contribution in [3.63, 3.8) is 0 Å². The standard InChI is InChI=1S/C11H12ClFN2O3S/c12-7-1-3-10(9(13)5-7)19(17,18)15-8-2-4-11(16)14-6-8/h1,3,5,8,15H,2,4,6H2,(H,14,16). The first-order valence-corrected chi connectivity index (χ1v) is 7.49. The number of hydrogen-bond acceptors (Lipinski definition) is 3. The zero-order valence-corrected chi connectivity index (χ0v) is 11.4. The number of rotatable bonds is 3. The van der Waals surface area contributed by atoms with Gasteiger partial charge in [-0.05, 0) is 24.6 Å². The van der Waals surface area contributed by atoms with Crippen LogP contribution in [0.1, 0.15) is 12.8 Å². The number of nitrogens with one attached hydrogen (secondary N) is 2. The van der Waals surface area contributed by atoms with Crippen LogP contribution < -0.4 is 10.0 Å². The van der Waals surface area contributed by atoms with E-state index in [2.05, 4.69) is 10.0 Å². The lowest BCUT2D eigenvalue weighted by Gasteiger charge is -2.23. The van der Waals surface area contributed by atoms with Crippen LogP contribution in [0.2, 0.25) is 5.02 Å². The molecule has 1 heterocycles. The molecule has 1 unspecified atom stereocenters. The number of benzene rings is 1. The summed E-state index contributed by atoms with van der Waals surface area (Å²) in [5.41, 5.74) is 0. The third kappa shape index (κ3) is 3.43. The van der Waals surface area contributed by atoms with E-state index < -0.39 is 26.8 Å². The van der Waals surface area contributed by atoms with Crippen LogP contribution in [0.25, 0.3) is 0 Å². The predicted octanol–water partition coefficient (Wildman–Crippen LogP) is 1.04. The number of halogens is 2. The molecule has 104 valence electrons. The minimum atomic E-state index is -3.96. The van der Waals surface area contributed by atoms with Crippen LogP contribution >= 0.6 is 11.6 Å². The number of piperidine rings is 1. The van der Waals surface area contributed by atoms with Crippen molar-refractivity contribution in [3.05, 3.63) is 29.0 Å². The van der Waals surface area contributed by atoms with Gasteiger partial charge < -0.3 is 5.32 Å². The van der Waals surface area contributed by atoms with Gasteiger partial charge in [-0.1, -0.05) is 11.6 Å². The molecule has 1 aliphatic heterocycles. The molecule has 19 heavy (non-hydrogen) atoms. The van der Waals surface area contributed by atoms with Crippen molar-refractivity contribution >= 4 is 27.5 Å². The minimum Gasteiger partial charge on any atom is -0.355 e. The molecule has 8 heteroatoms. The normalized spacial score (nSPS) is 20.1. The van der Waals surface area contributed by atoms with Crippen molar-refractivity contribution in [2.24, 2.45) is 0 Å². The van der Waals surface area contributed by atoms with E-state index in [0.717, 1.165) is 12.1 Å².